The molecule has 7 nitrogen and oxygen atoms in total. The Kier molecular flexibility index (Phi) is 14.7. The summed E-state index contributed by atoms with van der Waals surface area (Å²) in [4.78, 5) is 39.1. The molecule has 0 spiro atoms. The zero-order chi connectivity index (χ0) is 34.0. The second-order valence-electron chi connectivity index (χ2n) is 12.0. The standard InChI is InChI=1S/C41H48N2O5/c1-3-4-5-10-20-34(29-31-16-8-6-9-17-31)40(45)42-27-15-28-48-35-25-23-32(24-26-35)30-38(41(46)47-2)43-37-22-14-13-21-36(37)39(44)33-18-11-7-12-19-33/h6-9,11-14,16-19,21-26,34,38,43H,3-5,10,15,20,27-30H2,1-2H3,(H,42,45). The molecule has 0 aliphatic carbocycles. The van der Waals surface area contributed by atoms with Gasteiger partial charge in [-0.2, -0.15) is 0 Å². The van der Waals surface area contributed by atoms with Crippen LogP contribution < -0.4 is 15.4 Å². The molecule has 2 unspecified atom stereocenters. The number of nitrogens with one attached hydrogen (secondary N) is 2. The lowest BCUT2D eigenvalue weighted by Gasteiger charge is -2.20. The Labute approximate surface area is 285 Å². The third-order valence-corrected chi connectivity index (χ3v) is 8.38. The first-order chi connectivity index (χ1) is 23.5. The number of anilines is 1. The van der Waals surface area contributed by atoms with Gasteiger partial charge >= 0.3 is 5.97 Å². The molecule has 0 aliphatic heterocycles. The lowest BCUT2D eigenvalue weighted by molar-refractivity contribution is -0.141. The molecule has 1 amide bonds. The fraction of sp³-hybridized carbons (Fsp3) is 0.341. The normalized spacial score (nSPS) is 12.0. The number of ether oxygens (including phenoxy) is 2. The number of unbranched alkanes of at least 4 members (excludes halogenated alkanes) is 3. The van der Waals surface area contributed by atoms with Crippen LogP contribution in [0.2, 0.25) is 0 Å². The number of methoxy groups -OCH3 is 1. The van der Waals surface area contributed by atoms with Crippen LogP contribution in [0.5, 0.6) is 5.75 Å². The van der Waals surface area contributed by atoms with E-state index in [0.717, 1.165) is 31.2 Å². The highest BCUT2D eigenvalue weighted by atomic mass is 16.5. The molecule has 4 aromatic rings. The van der Waals surface area contributed by atoms with Crippen LogP contribution in [0.25, 0.3) is 0 Å². The quantitative estimate of drug-likeness (QED) is 0.0577. The van der Waals surface area contributed by atoms with Gasteiger partial charge in [-0.15, -0.1) is 0 Å². The van der Waals surface area contributed by atoms with Crippen molar-refractivity contribution in [3.05, 3.63) is 131 Å². The molecular weight excluding hydrogens is 600 g/mol. The molecule has 0 aliphatic rings. The lowest BCUT2D eigenvalue weighted by Crippen LogP contribution is -2.33. The molecule has 4 rings (SSSR count). The molecule has 4 aromatic carbocycles. The van der Waals surface area contributed by atoms with Gasteiger partial charge in [0.25, 0.3) is 0 Å². The van der Waals surface area contributed by atoms with Crippen LogP contribution in [0.1, 0.15) is 72.5 Å². The van der Waals surface area contributed by atoms with Crippen molar-refractivity contribution >= 4 is 23.3 Å². The minimum atomic E-state index is -0.701. The predicted octanol–water partition coefficient (Wildman–Crippen LogP) is 7.83. The van der Waals surface area contributed by atoms with Crippen molar-refractivity contribution in [2.75, 3.05) is 25.6 Å². The van der Waals surface area contributed by atoms with E-state index in [4.69, 9.17) is 9.47 Å². The van der Waals surface area contributed by atoms with Crippen LogP contribution in [0.4, 0.5) is 5.69 Å². The van der Waals surface area contributed by atoms with Crippen molar-refractivity contribution in [3.8, 4) is 5.75 Å². The number of benzene rings is 4. The molecular formula is C41H48N2O5. The van der Waals surface area contributed by atoms with E-state index >= 15 is 0 Å². The Hall–Kier alpha value is -4.91. The maximum atomic E-state index is 13.2. The summed E-state index contributed by atoms with van der Waals surface area (Å²) in [6.45, 7) is 3.22. The predicted molar refractivity (Wildman–Crippen MR) is 191 cm³/mol. The van der Waals surface area contributed by atoms with Crippen molar-refractivity contribution in [2.24, 2.45) is 5.92 Å². The summed E-state index contributed by atoms with van der Waals surface area (Å²) in [6, 6.07) is 33.4. The van der Waals surface area contributed by atoms with Gasteiger partial charge in [0.1, 0.15) is 11.8 Å². The number of para-hydroxylation sites is 1. The molecule has 2 atom stereocenters. The third-order valence-electron chi connectivity index (χ3n) is 8.38. The highest BCUT2D eigenvalue weighted by molar-refractivity contribution is 6.12. The average Bonchev–Trinajstić information content (AvgIpc) is 3.13. The van der Waals surface area contributed by atoms with Gasteiger partial charge in [-0.1, -0.05) is 118 Å². The van der Waals surface area contributed by atoms with Gasteiger partial charge in [0.15, 0.2) is 5.78 Å². The number of carbonyl (C=O) groups excluding carboxylic acids is 3. The van der Waals surface area contributed by atoms with E-state index in [1.165, 1.54) is 25.5 Å². The Morgan fingerprint density at radius 1 is 0.708 bits per heavy atom. The molecule has 0 fully saturated rings. The van der Waals surface area contributed by atoms with E-state index < -0.39 is 12.0 Å². The Morgan fingerprint density at radius 2 is 1.38 bits per heavy atom. The number of rotatable bonds is 20. The van der Waals surface area contributed by atoms with Crippen LogP contribution in [0.15, 0.2) is 109 Å². The van der Waals surface area contributed by atoms with Crippen molar-refractivity contribution < 1.29 is 23.9 Å². The van der Waals surface area contributed by atoms with Crippen molar-refractivity contribution in [1.29, 1.82) is 0 Å². The zero-order valence-electron chi connectivity index (χ0n) is 28.2. The van der Waals surface area contributed by atoms with Crippen LogP contribution in [-0.4, -0.2) is 44.0 Å². The number of ketones is 1. The lowest BCUT2D eigenvalue weighted by atomic mass is 9.92. The van der Waals surface area contributed by atoms with Gasteiger partial charge < -0.3 is 20.1 Å². The first kappa shape index (κ1) is 35.9. The number of hydrogen-bond donors (Lipinski definition) is 2. The number of esters is 1. The SMILES string of the molecule is CCCCCCC(Cc1ccccc1)C(=O)NCCCOc1ccc(CC(Nc2ccccc2C(=O)c2ccccc2)C(=O)OC)cc1. The summed E-state index contributed by atoms with van der Waals surface area (Å²) in [5.74, 6) is 0.243. The first-order valence-electron chi connectivity index (χ1n) is 17.0. The minimum absolute atomic E-state index is 0.0288. The van der Waals surface area contributed by atoms with E-state index in [1.54, 1.807) is 30.3 Å². The Balaban J connectivity index is 1.26. The maximum absolute atomic E-state index is 13.2. The van der Waals surface area contributed by atoms with E-state index in [0.29, 0.717) is 48.6 Å². The van der Waals surface area contributed by atoms with Crippen molar-refractivity contribution in [1.82, 2.24) is 5.32 Å². The fourth-order valence-electron chi connectivity index (χ4n) is 5.69. The Morgan fingerprint density at radius 3 is 2.08 bits per heavy atom. The van der Waals surface area contributed by atoms with Crippen molar-refractivity contribution in [2.45, 2.75) is 64.3 Å². The molecule has 252 valence electrons. The van der Waals surface area contributed by atoms with E-state index in [1.807, 2.05) is 66.7 Å². The summed E-state index contributed by atoms with van der Waals surface area (Å²) >= 11 is 0. The number of hydrogen-bond acceptors (Lipinski definition) is 6. The smallest absolute Gasteiger partial charge is 0.328 e. The number of amides is 1. The van der Waals surface area contributed by atoms with Gasteiger partial charge in [-0.3, -0.25) is 9.59 Å². The summed E-state index contributed by atoms with van der Waals surface area (Å²) in [5, 5.41) is 6.37. The third kappa shape index (κ3) is 11.4. The maximum Gasteiger partial charge on any atom is 0.328 e. The highest BCUT2D eigenvalue weighted by Gasteiger charge is 2.23. The van der Waals surface area contributed by atoms with E-state index in [-0.39, 0.29) is 17.6 Å². The molecule has 0 saturated carbocycles. The summed E-state index contributed by atoms with van der Waals surface area (Å²) < 4.78 is 11.0. The molecule has 48 heavy (non-hydrogen) atoms. The topological polar surface area (TPSA) is 93.7 Å². The molecule has 2 N–H and O–H groups in total. The summed E-state index contributed by atoms with van der Waals surface area (Å²) in [5.41, 5.74) is 3.72. The van der Waals surface area contributed by atoms with Crippen LogP contribution >= 0.6 is 0 Å². The van der Waals surface area contributed by atoms with E-state index in [2.05, 4.69) is 29.7 Å². The van der Waals surface area contributed by atoms with Crippen molar-refractivity contribution in [3.63, 3.8) is 0 Å². The molecule has 7 heteroatoms. The van der Waals surface area contributed by atoms with Gasteiger partial charge in [0.05, 0.1) is 13.7 Å². The fourth-order valence-corrected chi connectivity index (χ4v) is 5.69. The second kappa shape index (κ2) is 19.7. The molecule has 0 saturated heterocycles. The molecule has 0 radical (unpaired) electrons. The summed E-state index contributed by atoms with van der Waals surface area (Å²) in [6.07, 6.45) is 7.30. The zero-order valence-corrected chi connectivity index (χ0v) is 28.2. The van der Waals surface area contributed by atoms with Gasteiger partial charge in [-0.05, 0) is 54.7 Å². The summed E-state index contributed by atoms with van der Waals surface area (Å²) in [7, 11) is 1.36. The van der Waals surface area contributed by atoms with Gasteiger partial charge in [-0.25, -0.2) is 4.79 Å². The van der Waals surface area contributed by atoms with E-state index in [9.17, 15) is 14.4 Å². The second-order valence-corrected chi connectivity index (χ2v) is 12.0. The molecule has 0 bridgehead atoms. The van der Waals surface area contributed by atoms with Crippen LogP contribution in [0.3, 0.4) is 0 Å². The molecule has 0 heterocycles. The average molecular weight is 649 g/mol. The molecule has 0 aromatic heterocycles. The largest absolute Gasteiger partial charge is 0.494 e. The number of carbonyl (C=O) groups is 3. The minimum Gasteiger partial charge on any atom is -0.494 e. The Bertz CT molecular complexity index is 1560. The first-order valence-corrected chi connectivity index (χ1v) is 17.0. The monoisotopic (exact) mass is 648 g/mol. The van der Waals surface area contributed by atoms with Gasteiger partial charge in [0.2, 0.25) is 5.91 Å². The van der Waals surface area contributed by atoms with Crippen LogP contribution in [-0.2, 0) is 27.2 Å². The highest BCUT2D eigenvalue weighted by Crippen LogP contribution is 2.23. The van der Waals surface area contributed by atoms with Gasteiger partial charge in [0, 0.05) is 35.7 Å². The van der Waals surface area contributed by atoms with Crippen LogP contribution in [0, 0.1) is 5.92 Å².